The number of ether oxygens (including phenoxy) is 3. The Kier molecular flexibility index (Phi) is 5.20. The third-order valence-electron chi connectivity index (χ3n) is 5.80. The zero-order valence-corrected chi connectivity index (χ0v) is 15.3. The van der Waals surface area contributed by atoms with E-state index in [0.717, 1.165) is 43.9 Å². The van der Waals surface area contributed by atoms with Gasteiger partial charge in [-0.3, -0.25) is 0 Å². The number of fused-ring (bicyclic) bond motifs is 1. The Labute approximate surface area is 154 Å². The number of hydrogen-bond acceptors (Lipinski definition) is 4. The summed E-state index contributed by atoms with van der Waals surface area (Å²) in [5.74, 6) is 1.65. The molecule has 2 fully saturated rings. The molecule has 2 heterocycles. The summed E-state index contributed by atoms with van der Waals surface area (Å²) in [7, 11) is 0. The summed E-state index contributed by atoms with van der Waals surface area (Å²) in [6.45, 7) is 4.67. The van der Waals surface area contributed by atoms with Crippen LogP contribution in [0.5, 0.6) is 11.5 Å². The van der Waals surface area contributed by atoms with Crippen LogP contribution in [0.1, 0.15) is 37.7 Å². The quantitative estimate of drug-likeness (QED) is 0.900. The second kappa shape index (κ2) is 7.74. The Morgan fingerprint density at radius 2 is 1.81 bits per heavy atom. The van der Waals surface area contributed by atoms with Gasteiger partial charge >= 0.3 is 6.03 Å². The molecule has 4 rings (SSSR count). The Bertz CT molecular complexity index is 635. The molecule has 0 bridgehead atoms. The van der Waals surface area contributed by atoms with Crippen LogP contribution in [0.4, 0.5) is 4.79 Å². The Balaban J connectivity index is 1.47. The number of benzene rings is 1. The van der Waals surface area contributed by atoms with Crippen molar-refractivity contribution in [3.05, 3.63) is 23.8 Å². The van der Waals surface area contributed by atoms with Crippen LogP contribution in [0, 0.1) is 0 Å². The fourth-order valence-corrected chi connectivity index (χ4v) is 4.30. The molecule has 26 heavy (non-hydrogen) atoms. The molecule has 2 amide bonds. The largest absolute Gasteiger partial charge is 0.486 e. The van der Waals surface area contributed by atoms with Crippen molar-refractivity contribution in [3.63, 3.8) is 0 Å². The minimum atomic E-state index is -0.00610. The molecule has 1 N–H and O–H groups in total. The summed E-state index contributed by atoms with van der Waals surface area (Å²) in [5.41, 5.74) is 1.24. The van der Waals surface area contributed by atoms with Crippen molar-refractivity contribution in [2.24, 2.45) is 0 Å². The van der Waals surface area contributed by atoms with Crippen molar-refractivity contribution >= 4 is 6.03 Å². The van der Waals surface area contributed by atoms with Gasteiger partial charge in [0.1, 0.15) is 13.2 Å². The molecule has 1 aromatic carbocycles. The van der Waals surface area contributed by atoms with Crippen molar-refractivity contribution in [3.8, 4) is 11.5 Å². The van der Waals surface area contributed by atoms with Gasteiger partial charge in [-0.2, -0.15) is 0 Å². The molecule has 0 aromatic heterocycles. The number of rotatable bonds is 3. The molecular formula is C20H28N2O4. The molecule has 6 heteroatoms. The standard InChI is InChI=1S/C20H28N2O4/c23-19(22-8-3-10-24-11-9-22)21-15-20(6-1-2-7-20)16-4-5-17-18(14-16)26-13-12-25-17/h4-5,14H,1-3,6-13,15H2,(H,21,23). The highest BCUT2D eigenvalue weighted by Crippen LogP contribution is 2.43. The average molecular weight is 360 g/mol. The molecule has 0 atom stereocenters. The van der Waals surface area contributed by atoms with Gasteiger partial charge in [0.2, 0.25) is 0 Å². The summed E-state index contributed by atoms with van der Waals surface area (Å²) in [4.78, 5) is 14.5. The molecule has 3 aliphatic rings. The second-order valence-corrected chi connectivity index (χ2v) is 7.46. The fraction of sp³-hybridized carbons (Fsp3) is 0.650. The predicted molar refractivity (Wildman–Crippen MR) is 98.0 cm³/mol. The van der Waals surface area contributed by atoms with E-state index in [4.69, 9.17) is 14.2 Å². The number of nitrogens with one attached hydrogen (secondary N) is 1. The van der Waals surface area contributed by atoms with Crippen molar-refractivity contribution in [1.82, 2.24) is 10.2 Å². The summed E-state index contributed by atoms with van der Waals surface area (Å²) in [6.07, 6.45) is 5.48. The van der Waals surface area contributed by atoms with Crippen LogP contribution in [0.2, 0.25) is 0 Å². The lowest BCUT2D eigenvalue weighted by Crippen LogP contribution is -2.46. The first kappa shape index (κ1) is 17.5. The van der Waals surface area contributed by atoms with Crippen LogP contribution in [-0.4, -0.2) is 57.0 Å². The van der Waals surface area contributed by atoms with Crippen molar-refractivity contribution < 1.29 is 19.0 Å². The van der Waals surface area contributed by atoms with Gasteiger partial charge in [-0.25, -0.2) is 4.79 Å². The summed E-state index contributed by atoms with van der Waals surface area (Å²) in [5, 5.41) is 3.20. The number of urea groups is 1. The average Bonchev–Trinajstić information content (AvgIpc) is 3.00. The predicted octanol–water partition coefficient (Wildman–Crippen LogP) is 2.70. The summed E-state index contributed by atoms with van der Waals surface area (Å²) < 4.78 is 16.9. The third-order valence-corrected chi connectivity index (χ3v) is 5.80. The van der Waals surface area contributed by atoms with Gasteiger partial charge in [0.25, 0.3) is 0 Å². The first-order valence-electron chi connectivity index (χ1n) is 9.78. The van der Waals surface area contributed by atoms with E-state index in [1.54, 1.807) is 0 Å². The molecule has 1 saturated carbocycles. The van der Waals surface area contributed by atoms with Gasteiger partial charge in [0.05, 0.1) is 6.61 Å². The van der Waals surface area contributed by atoms with E-state index in [2.05, 4.69) is 17.4 Å². The van der Waals surface area contributed by atoms with Gasteiger partial charge in [-0.1, -0.05) is 18.9 Å². The van der Waals surface area contributed by atoms with Crippen LogP contribution in [0.25, 0.3) is 0 Å². The maximum atomic E-state index is 12.6. The van der Waals surface area contributed by atoms with Gasteiger partial charge in [-0.05, 0) is 37.0 Å². The van der Waals surface area contributed by atoms with Crippen molar-refractivity contribution in [2.45, 2.75) is 37.5 Å². The zero-order chi connectivity index (χ0) is 17.8. The molecule has 1 saturated heterocycles. The first-order chi connectivity index (χ1) is 12.8. The maximum absolute atomic E-state index is 12.6. The molecule has 1 aliphatic carbocycles. The number of carbonyl (C=O) groups is 1. The number of carbonyl (C=O) groups excluding carboxylic acids is 1. The van der Waals surface area contributed by atoms with E-state index >= 15 is 0 Å². The van der Waals surface area contributed by atoms with Gasteiger partial charge < -0.3 is 24.4 Å². The van der Waals surface area contributed by atoms with Crippen molar-refractivity contribution in [1.29, 1.82) is 0 Å². The van der Waals surface area contributed by atoms with E-state index in [1.807, 2.05) is 11.0 Å². The van der Waals surface area contributed by atoms with Gasteiger partial charge in [-0.15, -0.1) is 0 Å². The normalized spacial score (nSPS) is 21.9. The Morgan fingerprint density at radius 1 is 1.00 bits per heavy atom. The van der Waals surface area contributed by atoms with E-state index in [1.165, 1.54) is 18.4 Å². The zero-order valence-electron chi connectivity index (χ0n) is 15.3. The van der Waals surface area contributed by atoms with E-state index in [9.17, 15) is 4.79 Å². The molecule has 142 valence electrons. The summed E-state index contributed by atoms with van der Waals surface area (Å²) in [6, 6.07) is 6.30. The van der Waals surface area contributed by atoms with Crippen LogP contribution in [0.15, 0.2) is 18.2 Å². The smallest absolute Gasteiger partial charge is 0.317 e. The summed E-state index contributed by atoms with van der Waals surface area (Å²) >= 11 is 0. The van der Waals surface area contributed by atoms with Gasteiger partial charge in [0, 0.05) is 31.7 Å². The highest BCUT2D eigenvalue weighted by atomic mass is 16.6. The monoisotopic (exact) mass is 360 g/mol. The van der Waals surface area contributed by atoms with Crippen molar-refractivity contribution in [2.75, 3.05) is 46.1 Å². The molecule has 0 spiro atoms. The second-order valence-electron chi connectivity index (χ2n) is 7.46. The van der Waals surface area contributed by atoms with Gasteiger partial charge in [0.15, 0.2) is 11.5 Å². The minimum Gasteiger partial charge on any atom is -0.486 e. The minimum absolute atomic E-state index is 0.00610. The lowest BCUT2D eigenvalue weighted by Gasteiger charge is -2.32. The lowest BCUT2D eigenvalue weighted by atomic mass is 9.78. The number of amides is 2. The van der Waals surface area contributed by atoms with E-state index in [0.29, 0.717) is 32.9 Å². The third kappa shape index (κ3) is 3.61. The Morgan fingerprint density at radius 3 is 2.65 bits per heavy atom. The highest BCUT2D eigenvalue weighted by molar-refractivity contribution is 5.74. The fourth-order valence-electron chi connectivity index (χ4n) is 4.30. The van der Waals surface area contributed by atoms with Crippen LogP contribution in [0.3, 0.4) is 0 Å². The van der Waals surface area contributed by atoms with E-state index < -0.39 is 0 Å². The first-order valence-corrected chi connectivity index (χ1v) is 9.78. The Hall–Kier alpha value is -1.95. The number of hydrogen-bond donors (Lipinski definition) is 1. The van der Waals surface area contributed by atoms with Crippen LogP contribution in [-0.2, 0) is 10.2 Å². The molecule has 0 unspecified atom stereocenters. The SMILES string of the molecule is O=C(NCC1(c2ccc3c(c2)OCCO3)CCCC1)N1CCCOCC1. The molecule has 0 radical (unpaired) electrons. The molecule has 2 aliphatic heterocycles. The lowest BCUT2D eigenvalue weighted by molar-refractivity contribution is 0.142. The molecule has 1 aromatic rings. The van der Waals surface area contributed by atoms with Crippen LogP contribution >= 0.6 is 0 Å². The molecular weight excluding hydrogens is 332 g/mol. The maximum Gasteiger partial charge on any atom is 0.317 e. The topological polar surface area (TPSA) is 60.0 Å². The highest BCUT2D eigenvalue weighted by Gasteiger charge is 2.37. The number of nitrogens with zero attached hydrogens (tertiary/aromatic N) is 1. The van der Waals surface area contributed by atoms with E-state index in [-0.39, 0.29) is 11.4 Å². The molecule has 6 nitrogen and oxygen atoms in total. The van der Waals surface area contributed by atoms with Crippen LogP contribution < -0.4 is 14.8 Å².